The van der Waals surface area contributed by atoms with E-state index in [1.807, 2.05) is 19.1 Å². The van der Waals surface area contributed by atoms with Gasteiger partial charge >= 0.3 is 0 Å². The van der Waals surface area contributed by atoms with Crippen LogP contribution in [0.15, 0.2) is 35.8 Å². The molecule has 2 heterocycles. The smallest absolute Gasteiger partial charge is 0.192 e. The highest BCUT2D eigenvalue weighted by Crippen LogP contribution is 2.12. The van der Waals surface area contributed by atoms with Crippen molar-refractivity contribution in [3.8, 4) is 5.82 Å². The van der Waals surface area contributed by atoms with Crippen molar-refractivity contribution in [1.29, 1.82) is 0 Å². The van der Waals surface area contributed by atoms with Gasteiger partial charge in [0.15, 0.2) is 11.8 Å². The molecule has 4 N–H and O–H groups in total. The molecule has 0 radical (unpaired) electrons. The van der Waals surface area contributed by atoms with Crippen molar-refractivity contribution in [1.82, 2.24) is 14.5 Å². The van der Waals surface area contributed by atoms with Crippen molar-refractivity contribution >= 4 is 11.8 Å². The summed E-state index contributed by atoms with van der Waals surface area (Å²) in [6.45, 7) is 2.00. The average molecular weight is 216 g/mol. The van der Waals surface area contributed by atoms with Crippen molar-refractivity contribution in [2.45, 2.75) is 6.92 Å². The normalized spacial score (nSPS) is 10.1. The number of hydrogen-bond acceptors (Lipinski definition) is 3. The number of hydrogen-bond donors (Lipinski definition) is 2. The molecule has 2 aromatic heterocycles. The SMILES string of the molecule is Cc1ccnc(-n2cnc(N=C(N)N)c2)c1. The fourth-order valence-electron chi connectivity index (χ4n) is 1.29. The lowest BCUT2D eigenvalue weighted by Crippen LogP contribution is -2.21. The molecule has 0 amide bonds. The minimum atomic E-state index is -0.0116. The Morgan fingerprint density at radius 3 is 2.88 bits per heavy atom. The molecule has 0 saturated heterocycles. The highest BCUT2D eigenvalue weighted by molar-refractivity contribution is 5.78. The van der Waals surface area contributed by atoms with Crippen LogP contribution in [0.1, 0.15) is 5.56 Å². The van der Waals surface area contributed by atoms with Gasteiger partial charge in [-0.3, -0.25) is 4.57 Å². The summed E-state index contributed by atoms with van der Waals surface area (Å²) in [6, 6.07) is 3.87. The number of pyridine rings is 1. The molecule has 16 heavy (non-hydrogen) atoms. The van der Waals surface area contributed by atoms with Crippen LogP contribution in [0, 0.1) is 6.92 Å². The fourth-order valence-corrected chi connectivity index (χ4v) is 1.29. The second-order valence-corrected chi connectivity index (χ2v) is 3.37. The molecular formula is C10H12N6. The van der Waals surface area contributed by atoms with E-state index in [1.165, 1.54) is 0 Å². The first kappa shape index (κ1) is 10.2. The van der Waals surface area contributed by atoms with E-state index in [9.17, 15) is 0 Å². The summed E-state index contributed by atoms with van der Waals surface area (Å²) in [6.07, 6.45) is 5.07. The first-order chi connectivity index (χ1) is 7.65. The predicted molar refractivity (Wildman–Crippen MR) is 61.6 cm³/mol. The molecular weight excluding hydrogens is 204 g/mol. The van der Waals surface area contributed by atoms with Crippen LogP contribution in [0.4, 0.5) is 5.82 Å². The van der Waals surface area contributed by atoms with Crippen LogP contribution in [0.2, 0.25) is 0 Å². The maximum atomic E-state index is 5.26. The lowest BCUT2D eigenvalue weighted by molar-refractivity contribution is 0.988. The van der Waals surface area contributed by atoms with Gasteiger partial charge in [0, 0.05) is 6.20 Å². The minimum Gasteiger partial charge on any atom is -0.370 e. The summed E-state index contributed by atoms with van der Waals surface area (Å²) >= 11 is 0. The molecule has 6 nitrogen and oxygen atoms in total. The van der Waals surface area contributed by atoms with Crippen LogP contribution < -0.4 is 11.5 Å². The van der Waals surface area contributed by atoms with E-state index in [2.05, 4.69) is 15.0 Å². The Balaban J connectivity index is 2.35. The number of nitrogens with two attached hydrogens (primary N) is 2. The lowest BCUT2D eigenvalue weighted by Gasteiger charge is -2.00. The summed E-state index contributed by atoms with van der Waals surface area (Å²) < 4.78 is 1.76. The van der Waals surface area contributed by atoms with Gasteiger partial charge in [-0.05, 0) is 24.6 Å². The third-order valence-corrected chi connectivity index (χ3v) is 1.98. The number of rotatable bonds is 2. The molecule has 2 rings (SSSR count). The van der Waals surface area contributed by atoms with E-state index >= 15 is 0 Å². The number of aromatic nitrogens is 3. The topological polar surface area (TPSA) is 95.1 Å². The summed E-state index contributed by atoms with van der Waals surface area (Å²) in [4.78, 5) is 12.1. The maximum absolute atomic E-state index is 5.26. The van der Waals surface area contributed by atoms with Gasteiger partial charge in [0.25, 0.3) is 0 Å². The highest BCUT2D eigenvalue weighted by Gasteiger charge is 2.01. The molecule has 0 aliphatic heterocycles. The van der Waals surface area contributed by atoms with Crippen LogP contribution >= 0.6 is 0 Å². The van der Waals surface area contributed by atoms with Crippen molar-refractivity contribution in [2.24, 2.45) is 16.5 Å². The van der Waals surface area contributed by atoms with E-state index < -0.39 is 0 Å². The van der Waals surface area contributed by atoms with E-state index in [4.69, 9.17) is 11.5 Å². The number of imidazole rings is 1. The molecule has 0 saturated carbocycles. The van der Waals surface area contributed by atoms with Gasteiger partial charge < -0.3 is 11.5 Å². The largest absolute Gasteiger partial charge is 0.370 e. The summed E-state index contributed by atoms with van der Waals surface area (Å²) in [5, 5.41) is 0. The summed E-state index contributed by atoms with van der Waals surface area (Å²) in [7, 11) is 0. The first-order valence-electron chi connectivity index (χ1n) is 4.72. The molecule has 6 heteroatoms. The van der Waals surface area contributed by atoms with Crippen LogP contribution in [0.3, 0.4) is 0 Å². The van der Waals surface area contributed by atoms with Gasteiger partial charge in [-0.2, -0.15) is 4.99 Å². The van der Waals surface area contributed by atoms with Gasteiger partial charge in [0.1, 0.15) is 12.1 Å². The zero-order valence-corrected chi connectivity index (χ0v) is 8.83. The summed E-state index contributed by atoms with van der Waals surface area (Å²) in [5.74, 6) is 1.23. The van der Waals surface area contributed by atoms with Gasteiger partial charge in [-0.15, -0.1) is 0 Å². The zero-order valence-electron chi connectivity index (χ0n) is 8.83. The Bertz CT molecular complexity index is 524. The van der Waals surface area contributed by atoms with Gasteiger partial charge in [-0.25, -0.2) is 9.97 Å². The lowest BCUT2D eigenvalue weighted by atomic mass is 10.3. The van der Waals surface area contributed by atoms with Crippen LogP contribution in [-0.2, 0) is 0 Å². The number of guanidine groups is 1. The van der Waals surface area contributed by atoms with E-state index in [-0.39, 0.29) is 5.96 Å². The quantitative estimate of drug-likeness (QED) is 0.563. The van der Waals surface area contributed by atoms with E-state index in [1.54, 1.807) is 23.3 Å². The molecule has 0 fully saturated rings. The third kappa shape index (κ3) is 2.17. The average Bonchev–Trinajstić information content (AvgIpc) is 2.65. The van der Waals surface area contributed by atoms with Gasteiger partial charge in [0.05, 0.1) is 6.20 Å². The number of aliphatic imine (C=N–C) groups is 1. The second-order valence-electron chi connectivity index (χ2n) is 3.37. The van der Waals surface area contributed by atoms with Gasteiger partial charge in [0.2, 0.25) is 0 Å². The Labute approximate surface area is 92.7 Å². The van der Waals surface area contributed by atoms with Crippen molar-refractivity contribution in [3.05, 3.63) is 36.4 Å². The monoisotopic (exact) mass is 216 g/mol. The molecule has 0 aliphatic rings. The molecule has 0 aromatic carbocycles. The molecule has 0 aliphatic carbocycles. The van der Waals surface area contributed by atoms with Crippen molar-refractivity contribution < 1.29 is 0 Å². The Kier molecular flexibility index (Phi) is 2.55. The fraction of sp³-hybridized carbons (Fsp3) is 0.100. The third-order valence-electron chi connectivity index (χ3n) is 1.98. The van der Waals surface area contributed by atoms with Gasteiger partial charge in [-0.1, -0.05) is 0 Å². The van der Waals surface area contributed by atoms with Crippen LogP contribution in [-0.4, -0.2) is 20.5 Å². The van der Waals surface area contributed by atoms with Crippen molar-refractivity contribution in [3.63, 3.8) is 0 Å². The number of aryl methyl sites for hydroxylation is 1. The van der Waals surface area contributed by atoms with Crippen LogP contribution in [0.5, 0.6) is 0 Å². The van der Waals surface area contributed by atoms with E-state index in [0.717, 1.165) is 11.4 Å². The van der Waals surface area contributed by atoms with Crippen molar-refractivity contribution in [2.75, 3.05) is 0 Å². The standard InChI is InChI=1S/C10H12N6/c1-7-2-3-13-9(4-7)16-5-8(14-6-16)15-10(11)12/h2-6H,1H3,(H4,11,12,15). The molecule has 2 aromatic rings. The Hall–Kier alpha value is -2.37. The Morgan fingerprint density at radius 1 is 1.38 bits per heavy atom. The van der Waals surface area contributed by atoms with Crippen LogP contribution in [0.25, 0.3) is 5.82 Å². The molecule has 0 spiro atoms. The highest BCUT2D eigenvalue weighted by atomic mass is 15.1. The number of nitrogens with zero attached hydrogens (tertiary/aromatic N) is 4. The molecule has 82 valence electrons. The minimum absolute atomic E-state index is 0.0116. The molecule has 0 atom stereocenters. The summed E-state index contributed by atoms with van der Waals surface area (Å²) in [5.41, 5.74) is 11.6. The van der Waals surface area contributed by atoms with E-state index in [0.29, 0.717) is 5.82 Å². The zero-order chi connectivity index (χ0) is 11.5. The maximum Gasteiger partial charge on any atom is 0.192 e. The Morgan fingerprint density at radius 2 is 2.19 bits per heavy atom. The molecule has 0 bridgehead atoms. The first-order valence-corrected chi connectivity index (χ1v) is 4.72. The molecule has 0 unspecified atom stereocenters. The second kappa shape index (κ2) is 4.01. The predicted octanol–water partition coefficient (Wildman–Crippen LogP) is 0.481.